The van der Waals surface area contributed by atoms with Crippen molar-refractivity contribution in [3.63, 3.8) is 0 Å². The quantitative estimate of drug-likeness (QED) is 0.764. The van der Waals surface area contributed by atoms with E-state index < -0.39 is 12.2 Å². The third kappa shape index (κ3) is 3.44. The first kappa shape index (κ1) is 17.6. The Hall–Kier alpha value is -3.17. The topological polar surface area (TPSA) is 105 Å². The van der Waals surface area contributed by atoms with Gasteiger partial charge >= 0.3 is 12.1 Å². The lowest BCUT2D eigenvalue weighted by Gasteiger charge is -2.29. The Labute approximate surface area is 150 Å². The molecule has 3 amide bonds. The largest absolute Gasteiger partial charge is 0.483 e. The van der Waals surface area contributed by atoms with Crippen LogP contribution in [0.5, 0.6) is 5.75 Å². The van der Waals surface area contributed by atoms with Crippen molar-refractivity contribution in [3.05, 3.63) is 18.2 Å². The van der Waals surface area contributed by atoms with Crippen LogP contribution in [0, 0.1) is 0 Å². The number of nitrogens with one attached hydrogen (secondary N) is 2. The number of fused-ring (bicyclic) bond motifs is 1. The van der Waals surface area contributed by atoms with E-state index in [9.17, 15) is 9.59 Å². The minimum atomic E-state index is -0.459. The van der Waals surface area contributed by atoms with Gasteiger partial charge in [-0.3, -0.25) is 4.90 Å². The molecule has 0 radical (unpaired) electrons. The first-order chi connectivity index (χ1) is 12.5. The highest BCUT2D eigenvalue weighted by Gasteiger charge is 2.33. The van der Waals surface area contributed by atoms with Crippen LogP contribution in [-0.4, -0.2) is 65.0 Å². The number of urea groups is 1. The van der Waals surface area contributed by atoms with Gasteiger partial charge in [0.25, 0.3) is 0 Å². The zero-order chi connectivity index (χ0) is 18.7. The molecule has 1 aromatic carbocycles. The van der Waals surface area contributed by atoms with Gasteiger partial charge in [-0.05, 0) is 12.1 Å². The van der Waals surface area contributed by atoms with Crippen molar-refractivity contribution in [2.75, 3.05) is 50.7 Å². The number of amides is 3. The highest BCUT2D eigenvalue weighted by molar-refractivity contribution is 6.01. The smallest absolute Gasteiger partial charge is 0.414 e. The van der Waals surface area contributed by atoms with Gasteiger partial charge in [0.05, 0.1) is 24.5 Å². The molecule has 2 heterocycles. The first-order valence-electron chi connectivity index (χ1n) is 8.07. The number of cyclic esters (lactones) is 1. The average molecular weight is 363 g/mol. The number of ether oxygens (including phenoxy) is 2. The van der Waals surface area contributed by atoms with Crippen LogP contribution in [-0.2, 0) is 9.57 Å². The number of likely N-dealkylation sites (N-methyl/N-ethyl adjacent to an activating group) is 1. The van der Waals surface area contributed by atoms with Crippen molar-refractivity contribution >= 4 is 29.3 Å². The molecule has 3 rings (SSSR count). The van der Waals surface area contributed by atoms with Crippen LogP contribution in [0.4, 0.5) is 21.0 Å². The molecule has 0 unspecified atom stereocenters. The van der Waals surface area contributed by atoms with Gasteiger partial charge in [-0.2, -0.15) is 0 Å². The third-order valence-corrected chi connectivity index (χ3v) is 4.15. The Bertz CT molecular complexity index is 738. The Balaban J connectivity index is 1.72. The molecule has 2 aliphatic heterocycles. The average Bonchev–Trinajstić information content (AvgIpc) is 3.02. The molecular weight excluding hydrogens is 342 g/mol. The summed E-state index contributed by atoms with van der Waals surface area (Å²) in [5, 5.41) is 9.00. The van der Waals surface area contributed by atoms with Crippen LogP contribution in [0.3, 0.4) is 0 Å². The van der Waals surface area contributed by atoms with Crippen molar-refractivity contribution in [3.8, 4) is 5.75 Å². The van der Waals surface area contributed by atoms with Crippen LogP contribution < -0.4 is 25.2 Å². The summed E-state index contributed by atoms with van der Waals surface area (Å²) in [6.07, 6.45) is -0.876. The summed E-state index contributed by atoms with van der Waals surface area (Å²) < 4.78 is 11.0. The van der Waals surface area contributed by atoms with E-state index in [1.54, 1.807) is 6.07 Å². The number of hydrogen-bond acceptors (Lipinski definition) is 6. The second-order valence-electron chi connectivity index (χ2n) is 5.77. The van der Waals surface area contributed by atoms with E-state index in [1.807, 2.05) is 24.1 Å². The second kappa shape index (κ2) is 7.38. The number of oxime groups is 1. The minimum Gasteiger partial charge on any atom is -0.483 e. The molecule has 1 fully saturated rings. The maximum atomic E-state index is 12.2. The Morgan fingerprint density at radius 3 is 3.00 bits per heavy atom. The van der Waals surface area contributed by atoms with E-state index in [4.69, 9.17) is 14.3 Å². The molecule has 1 aromatic rings. The fourth-order valence-electron chi connectivity index (χ4n) is 2.77. The standard InChI is InChI=1S/C16H21N5O5/c1-17-15(22)18-7-11-8-21(16(23)26-11)10-4-5-12-13(6-10)25-9-14(19-24-3)20(12)2/h4-6,11H,7-9H2,1-3H3,(H2,17,18,22)/t11-/m0/s1. The molecule has 2 aliphatic rings. The fraction of sp³-hybridized carbons (Fsp3) is 0.438. The molecule has 26 heavy (non-hydrogen) atoms. The van der Waals surface area contributed by atoms with Gasteiger partial charge < -0.3 is 29.8 Å². The number of benzene rings is 1. The van der Waals surface area contributed by atoms with Crippen molar-refractivity contribution < 1.29 is 23.9 Å². The second-order valence-corrected chi connectivity index (χ2v) is 5.77. The van der Waals surface area contributed by atoms with Gasteiger partial charge in [0.1, 0.15) is 25.6 Å². The zero-order valence-electron chi connectivity index (χ0n) is 14.8. The van der Waals surface area contributed by atoms with E-state index in [0.29, 0.717) is 23.8 Å². The minimum absolute atomic E-state index is 0.239. The van der Waals surface area contributed by atoms with Crippen molar-refractivity contribution in [2.24, 2.45) is 5.16 Å². The lowest BCUT2D eigenvalue weighted by atomic mass is 10.2. The molecule has 0 aromatic heterocycles. The molecule has 1 atom stereocenters. The van der Waals surface area contributed by atoms with Gasteiger partial charge in [-0.25, -0.2) is 9.59 Å². The van der Waals surface area contributed by atoms with Crippen LogP contribution in [0.1, 0.15) is 0 Å². The SMILES string of the molecule is CNC(=O)NC[C@H]1CN(c2ccc3c(c2)OCC(=NOC)N3C)C(=O)O1. The molecule has 0 aliphatic carbocycles. The Kier molecular flexibility index (Phi) is 5.01. The first-order valence-corrected chi connectivity index (χ1v) is 8.07. The predicted molar refractivity (Wildman–Crippen MR) is 94.9 cm³/mol. The summed E-state index contributed by atoms with van der Waals surface area (Å²) in [6.45, 7) is 0.848. The molecule has 0 saturated carbocycles. The Morgan fingerprint density at radius 1 is 1.46 bits per heavy atom. The molecule has 10 nitrogen and oxygen atoms in total. The van der Waals surface area contributed by atoms with Crippen LogP contribution in [0.25, 0.3) is 0 Å². The molecule has 1 saturated heterocycles. The van der Waals surface area contributed by atoms with E-state index >= 15 is 0 Å². The number of rotatable bonds is 4. The zero-order valence-corrected chi connectivity index (χ0v) is 14.8. The number of hydrogen-bond donors (Lipinski definition) is 2. The highest BCUT2D eigenvalue weighted by atomic mass is 16.6. The predicted octanol–water partition coefficient (Wildman–Crippen LogP) is 0.729. The van der Waals surface area contributed by atoms with E-state index in [0.717, 1.165) is 5.69 Å². The maximum absolute atomic E-state index is 12.2. The molecule has 140 valence electrons. The summed E-state index contributed by atoms with van der Waals surface area (Å²) in [5.74, 6) is 1.29. The van der Waals surface area contributed by atoms with Gasteiger partial charge in [-0.1, -0.05) is 5.16 Å². The van der Waals surface area contributed by atoms with Gasteiger partial charge in [0.15, 0.2) is 5.84 Å². The van der Waals surface area contributed by atoms with E-state index in [2.05, 4.69) is 15.8 Å². The van der Waals surface area contributed by atoms with Crippen molar-refractivity contribution in [2.45, 2.75) is 6.10 Å². The van der Waals surface area contributed by atoms with Gasteiger partial charge in [0, 0.05) is 20.2 Å². The van der Waals surface area contributed by atoms with Crippen LogP contribution in [0.15, 0.2) is 23.4 Å². The summed E-state index contributed by atoms with van der Waals surface area (Å²) in [6, 6.07) is 5.12. The lowest BCUT2D eigenvalue weighted by Crippen LogP contribution is -2.39. The molecule has 2 N–H and O–H groups in total. The molecule has 10 heteroatoms. The molecule has 0 bridgehead atoms. The highest BCUT2D eigenvalue weighted by Crippen LogP contribution is 2.36. The molecule has 0 spiro atoms. The van der Waals surface area contributed by atoms with Gasteiger partial charge in [-0.15, -0.1) is 0 Å². The number of carbonyl (C=O) groups is 2. The van der Waals surface area contributed by atoms with Gasteiger partial charge in [0.2, 0.25) is 0 Å². The summed E-state index contributed by atoms with van der Waals surface area (Å²) in [7, 11) is 4.87. The third-order valence-electron chi connectivity index (χ3n) is 4.15. The summed E-state index contributed by atoms with van der Waals surface area (Å²) in [4.78, 5) is 31.6. The number of anilines is 2. The maximum Gasteiger partial charge on any atom is 0.414 e. The van der Waals surface area contributed by atoms with Crippen molar-refractivity contribution in [1.82, 2.24) is 10.6 Å². The summed E-state index contributed by atoms with van der Waals surface area (Å²) in [5.41, 5.74) is 1.48. The van der Waals surface area contributed by atoms with E-state index in [1.165, 1.54) is 19.1 Å². The summed E-state index contributed by atoms with van der Waals surface area (Å²) >= 11 is 0. The molecular formula is C16H21N5O5. The van der Waals surface area contributed by atoms with Crippen LogP contribution >= 0.6 is 0 Å². The van der Waals surface area contributed by atoms with Crippen molar-refractivity contribution in [1.29, 1.82) is 0 Å². The lowest BCUT2D eigenvalue weighted by molar-refractivity contribution is 0.140. The number of amidine groups is 1. The normalized spacial score (nSPS) is 20.3. The number of nitrogens with zero attached hydrogens (tertiary/aromatic N) is 3. The number of carbonyl (C=O) groups excluding carboxylic acids is 2. The van der Waals surface area contributed by atoms with E-state index in [-0.39, 0.29) is 19.2 Å². The Morgan fingerprint density at radius 2 is 2.27 bits per heavy atom. The monoisotopic (exact) mass is 363 g/mol. The fourth-order valence-corrected chi connectivity index (χ4v) is 2.77. The van der Waals surface area contributed by atoms with Crippen LogP contribution in [0.2, 0.25) is 0 Å².